The van der Waals surface area contributed by atoms with E-state index in [1.807, 2.05) is 12.1 Å². The molecule has 0 spiro atoms. The van der Waals surface area contributed by atoms with E-state index >= 15 is 0 Å². The van der Waals surface area contributed by atoms with E-state index in [-0.39, 0.29) is 11.3 Å². The van der Waals surface area contributed by atoms with Crippen molar-refractivity contribution in [2.75, 3.05) is 5.32 Å². The molecule has 9 heteroatoms. The molecule has 5 nitrogen and oxygen atoms in total. The number of fused-ring (bicyclic) bond motifs is 1. The molecule has 2 heterocycles. The van der Waals surface area contributed by atoms with Gasteiger partial charge in [-0.2, -0.15) is 0 Å². The van der Waals surface area contributed by atoms with Crippen LogP contribution in [0.15, 0.2) is 45.8 Å². The van der Waals surface area contributed by atoms with Crippen LogP contribution < -0.4 is 15.9 Å². The average Bonchev–Trinajstić information content (AvgIpc) is 3.09. The second kappa shape index (κ2) is 7.75. The van der Waals surface area contributed by atoms with E-state index in [1.165, 1.54) is 47.4 Å². The minimum Gasteiger partial charge on any atom is -0.296 e. The van der Waals surface area contributed by atoms with Crippen LogP contribution in [0.5, 0.6) is 0 Å². The lowest BCUT2D eigenvalue weighted by Crippen LogP contribution is -2.33. The molecule has 1 N–H and O–H groups in total. The number of rotatable bonds is 4. The van der Waals surface area contributed by atoms with Crippen LogP contribution in [0.3, 0.4) is 0 Å². The van der Waals surface area contributed by atoms with Crippen LogP contribution in [0.4, 0.5) is 9.52 Å². The Morgan fingerprint density at radius 1 is 1.26 bits per heavy atom. The molecule has 27 heavy (non-hydrogen) atoms. The highest BCUT2D eigenvalue weighted by atomic mass is 35.5. The van der Waals surface area contributed by atoms with E-state index in [0.717, 1.165) is 21.9 Å². The third kappa shape index (κ3) is 4.18. The first-order valence-electron chi connectivity index (χ1n) is 7.98. The number of hydrogen-bond acceptors (Lipinski definition) is 6. The summed E-state index contributed by atoms with van der Waals surface area (Å²) < 4.78 is 13.7. The van der Waals surface area contributed by atoms with E-state index in [9.17, 15) is 9.18 Å². The lowest BCUT2D eigenvalue weighted by atomic mass is 10.1. The van der Waals surface area contributed by atoms with Gasteiger partial charge in [0, 0.05) is 21.9 Å². The van der Waals surface area contributed by atoms with Gasteiger partial charge in [-0.25, -0.2) is 4.39 Å². The lowest BCUT2D eigenvalue weighted by Gasteiger charge is -2.07. The Kier molecular flexibility index (Phi) is 5.20. The summed E-state index contributed by atoms with van der Waals surface area (Å²) in [6, 6.07) is 7.23. The normalized spacial score (nSPS) is 15.4. The number of amides is 1. The molecule has 4 rings (SSSR count). The van der Waals surface area contributed by atoms with E-state index in [2.05, 4.69) is 26.6 Å². The third-order valence-electron chi connectivity index (χ3n) is 3.80. The van der Waals surface area contributed by atoms with Crippen LogP contribution in [0.1, 0.15) is 16.8 Å². The van der Waals surface area contributed by atoms with Gasteiger partial charge in [0.25, 0.3) is 5.91 Å². The Bertz CT molecular complexity index is 1120. The van der Waals surface area contributed by atoms with Crippen molar-refractivity contribution in [3.63, 3.8) is 0 Å². The number of alkyl halides is 1. The second-order valence-electron chi connectivity index (χ2n) is 5.67. The minimum atomic E-state index is -0.392. The van der Waals surface area contributed by atoms with Crippen LogP contribution in [0, 0.1) is 5.82 Å². The van der Waals surface area contributed by atoms with Gasteiger partial charge < -0.3 is 0 Å². The van der Waals surface area contributed by atoms with Crippen molar-refractivity contribution in [3.05, 3.63) is 58.5 Å². The number of nitrogens with one attached hydrogen (secondary N) is 1. The number of nitrogens with zero attached hydrogens (tertiary/aromatic N) is 3. The summed E-state index contributed by atoms with van der Waals surface area (Å²) in [4.78, 5) is 17.5. The van der Waals surface area contributed by atoms with Crippen LogP contribution in [0.2, 0.25) is 0 Å². The fourth-order valence-corrected chi connectivity index (χ4v) is 4.58. The summed E-state index contributed by atoms with van der Waals surface area (Å²) >= 11 is 8.88. The standard InChI is InChI=1S/C18H12ClFN4OS2/c19-11-3-6-13-14(9-11)21-8-7-15(13)26-18-24-23-17(27-18)22-16(25)10-1-4-12(20)5-2-10/h1-2,4-9,11H,3H2,(H,22,23,25). The van der Waals surface area contributed by atoms with E-state index in [1.54, 1.807) is 6.20 Å². The molecular formula is C18H12ClFN4OS2. The Morgan fingerprint density at radius 3 is 2.89 bits per heavy atom. The molecule has 0 aliphatic heterocycles. The van der Waals surface area contributed by atoms with Crippen molar-refractivity contribution in [2.24, 2.45) is 0 Å². The van der Waals surface area contributed by atoms with Crippen LogP contribution >= 0.6 is 34.7 Å². The quantitative estimate of drug-likeness (QED) is 0.521. The first-order chi connectivity index (χ1) is 13.1. The highest BCUT2D eigenvalue weighted by Crippen LogP contribution is 2.30. The van der Waals surface area contributed by atoms with Gasteiger partial charge in [0.1, 0.15) is 5.82 Å². The van der Waals surface area contributed by atoms with Gasteiger partial charge in [-0.15, -0.1) is 21.8 Å². The zero-order valence-corrected chi connectivity index (χ0v) is 16.1. The largest absolute Gasteiger partial charge is 0.296 e. The lowest BCUT2D eigenvalue weighted by molar-refractivity contribution is 0.102. The topological polar surface area (TPSA) is 67.8 Å². The Labute approximate surface area is 167 Å². The smallest absolute Gasteiger partial charge is 0.257 e. The SMILES string of the molecule is O=C(Nc1nnc(Sc2ccnc3c2=CCC(Cl)C=3)s1)c1ccc(F)cc1. The predicted molar refractivity (Wildman–Crippen MR) is 105 cm³/mol. The molecule has 1 unspecified atom stereocenters. The van der Waals surface area contributed by atoms with Gasteiger partial charge in [-0.05, 0) is 42.8 Å². The number of pyridine rings is 1. The van der Waals surface area contributed by atoms with Crippen LogP contribution in [-0.2, 0) is 0 Å². The van der Waals surface area contributed by atoms with Crippen molar-refractivity contribution in [3.8, 4) is 0 Å². The fourth-order valence-electron chi connectivity index (χ4n) is 2.53. The minimum absolute atomic E-state index is 0.0416. The van der Waals surface area contributed by atoms with Gasteiger partial charge in [-0.3, -0.25) is 15.1 Å². The van der Waals surface area contributed by atoms with Crippen molar-refractivity contribution in [1.29, 1.82) is 0 Å². The first kappa shape index (κ1) is 18.1. The number of aromatic nitrogens is 3. The Morgan fingerprint density at radius 2 is 2.07 bits per heavy atom. The summed E-state index contributed by atoms with van der Waals surface area (Å²) in [5.41, 5.74) is 0.352. The van der Waals surface area contributed by atoms with Crippen LogP contribution in [0.25, 0.3) is 12.2 Å². The van der Waals surface area contributed by atoms with Gasteiger partial charge >= 0.3 is 0 Å². The average molecular weight is 419 g/mol. The summed E-state index contributed by atoms with van der Waals surface area (Å²) in [7, 11) is 0. The van der Waals surface area contributed by atoms with Gasteiger partial charge in [0.15, 0.2) is 4.34 Å². The highest BCUT2D eigenvalue weighted by Gasteiger charge is 2.13. The maximum atomic E-state index is 13.0. The highest BCUT2D eigenvalue weighted by molar-refractivity contribution is 8.01. The summed E-state index contributed by atoms with van der Waals surface area (Å²) in [6.07, 6.45) is 6.50. The monoisotopic (exact) mass is 418 g/mol. The van der Waals surface area contributed by atoms with Gasteiger partial charge in [0.2, 0.25) is 5.13 Å². The fraction of sp³-hybridized carbons (Fsp3) is 0.111. The zero-order chi connectivity index (χ0) is 18.8. The molecule has 0 saturated heterocycles. The van der Waals surface area contributed by atoms with Crippen molar-refractivity contribution in [1.82, 2.24) is 15.2 Å². The van der Waals surface area contributed by atoms with Crippen LogP contribution in [-0.4, -0.2) is 26.5 Å². The molecule has 0 bridgehead atoms. The Hall–Kier alpha value is -2.29. The van der Waals surface area contributed by atoms with E-state index in [0.29, 0.717) is 15.0 Å². The molecular weight excluding hydrogens is 407 g/mol. The van der Waals surface area contributed by atoms with Crippen molar-refractivity contribution in [2.45, 2.75) is 21.0 Å². The first-order valence-corrected chi connectivity index (χ1v) is 10.0. The second-order valence-corrected chi connectivity index (χ2v) is 8.49. The molecule has 1 amide bonds. The summed E-state index contributed by atoms with van der Waals surface area (Å²) in [5, 5.41) is 13.0. The summed E-state index contributed by atoms with van der Waals surface area (Å²) in [5.74, 6) is -0.753. The number of halogens is 2. The number of hydrogen-bond donors (Lipinski definition) is 1. The molecule has 1 aliphatic rings. The molecule has 1 atom stereocenters. The molecule has 3 aromatic rings. The predicted octanol–water partition coefficient (Wildman–Crippen LogP) is 3.05. The maximum Gasteiger partial charge on any atom is 0.257 e. The third-order valence-corrected chi connectivity index (χ3v) is 6.07. The number of carbonyl (C=O) groups excluding carboxylic acids is 1. The molecule has 136 valence electrons. The molecule has 1 aromatic carbocycles. The van der Waals surface area contributed by atoms with E-state index in [4.69, 9.17) is 11.6 Å². The van der Waals surface area contributed by atoms with Gasteiger partial charge in [-0.1, -0.05) is 29.2 Å². The number of benzene rings is 1. The van der Waals surface area contributed by atoms with Crippen molar-refractivity contribution < 1.29 is 9.18 Å². The molecule has 1 aliphatic carbocycles. The summed E-state index contributed by atoms with van der Waals surface area (Å²) in [6.45, 7) is 0. The van der Waals surface area contributed by atoms with Crippen molar-refractivity contribution >= 4 is 57.9 Å². The molecule has 0 saturated carbocycles. The maximum absolute atomic E-state index is 13.0. The number of anilines is 1. The zero-order valence-electron chi connectivity index (χ0n) is 13.7. The molecule has 0 fully saturated rings. The molecule has 2 aromatic heterocycles. The van der Waals surface area contributed by atoms with E-state index < -0.39 is 5.82 Å². The number of carbonyl (C=O) groups is 1. The molecule has 0 radical (unpaired) electrons. The Balaban J connectivity index is 1.51. The van der Waals surface area contributed by atoms with Gasteiger partial charge in [0.05, 0.1) is 10.7 Å².